The predicted octanol–water partition coefficient (Wildman–Crippen LogP) is 5.94. The van der Waals surface area contributed by atoms with Crippen LogP contribution < -0.4 is 0 Å². The zero-order valence-electron chi connectivity index (χ0n) is 17.9. The molecule has 2 unspecified atom stereocenters. The minimum absolute atomic E-state index is 0.0187. The first-order valence-electron chi connectivity index (χ1n) is 10.3. The van der Waals surface area contributed by atoms with Gasteiger partial charge in [-0.15, -0.1) is 0 Å². The highest BCUT2D eigenvalue weighted by Gasteiger charge is 2.54. The van der Waals surface area contributed by atoms with Crippen LogP contribution in [0.15, 0.2) is 53.0 Å². The van der Waals surface area contributed by atoms with E-state index in [-0.39, 0.29) is 17.0 Å². The fourth-order valence-corrected chi connectivity index (χ4v) is 5.49. The Morgan fingerprint density at radius 3 is 2.28 bits per heavy atom. The Morgan fingerprint density at radius 2 is 1.72 bits per heavy atom. The largest absolute Gasteiger partial charge is 0.402 e. The fourth-order valence-electron chi connectivity index (χ4n) is 3.39. The molecule has 1 N–H and O–H groups in total. The molecular weight excluding hydrogens is 505 g/mol. The lowest BCUT2D eigenvalue weighted by atomic mass is 10.1. The van der Waals surface area contributed by atoms with Gasteiger partial charge >= 0.3 is 19.3 Å². The zero-order valence-corrected chi connectivity index (χ0v) is 20.4. The Bertz CT molecular complexity index is 1010. The van der Waals surface area contributed by atoms with Crippen LogP contribution in [-0.4, -0.2) is 39.9 Å². The number of hydrogen-bond donors (Lipinski definition) is 1. The van der Waals surface area contributed by atoms with Gasteiger partial charge in [0.05, 0.1) is 6.10 Å². The maximum absolute atomic E-state index is 14.8. The van der Waals surface area contributed by atoms with E-state index in [1.54, 1.807) is 16.7 Å². The summed E-state index contributed by atoms with van der Waals surface area (Å²) >= 11 is 3.10. The Kier molecular flexibility index (Phi) is 7.76. The van der Waals surface area contributed by atoms with Gasteiger partial charge in [0.15, 0.2) is 0 Å². The lowest BCUT2D eigenvalue weighted by Crippen LogP contribution is -2.31. The van der Waals surface area contributed by atoms with Crippen LogP contribution in [0.2, 0.25) is 0 Å². The smallest absolute Gasteiger partial charge is 0.320 e. The van der Waals surface area contributed by atoms with Crippen LogP contribution in [0.1, 0.15) is 37.0 Å². The van der Waals surface area contributed by atoms with Gasteiger partial charge in [0.25, 0.3) is 0 Å². The molecule has 1 fully saturated rings. The average Bonchev–Trinajstić information content (AvgIpc) is 3.07. The number of carbonyl (C=O) groups is 1. The second-order valence-corrected chi connectivity index (χ2v) is 10.5. The second-order valence-electron chi connectivity index (χ2n) is 7.81. The molecule has 1 aliphatic heterocycles. The molecule has 174 valence electrons. The second kappa shape index (κ2) is 10.00. The third-order valence-electron chi connectivity index (χ3n) is 5.38. The van der Waals surface area contributed by atoms with Crippen LogP contribution in [0.5, 0.6) is 0 Å². The average molecular weight is 531 g/mol. The quantitative estimate of drug-likeness (QED) is 0.407. The summed E-state index contributed by atoms with van der Waals surface area (Å²) in [7, 11) is -5.25. The van der Waals surface area contributed by atoms with E-state index >= 15 is 0 Å². The summed E-state index contributed by atoms with van der Waals surface area (Å²) in [4.78, 5) is 26.0. The molecule has 1 heterocycles. The number of carbonyl (C=O) groups excluding carboxylic acids is 1. The molecule has 0 saturated carbocycles. The van der Waals surface area contributed by atoms with Gasteiger partial charge in [-0.2, -0.15) is 8.78 Å². The summed E-state index contributed by atoms with van der Waals surface area (Å²) in [5.41, 5.74) is -3.05. The van der Waals surface area contributed by atoms with Crippen molar-refractivity contribution in [3.05, 3.63) is 69.7 Å². The van der Waals surface area contributed by atoms with Gasteiger partial charge in [-0.05, 0) is 30.5 Å². The highest BCUT2D eigenvalue weighted by Crippen LogP contribution is 2.64. The van der Waals surface area contributed by atoms with Crippen molar-refractivity contribution in [2.24, 2.45) is 0 Å². The van der Waals surface area contributed by atoms with E-state index in [4.69, 9.17) is 4.52 Å². The summed E-state index contributed by atoms with van der Waals surface area (Å²) in [5.74, 6) is 0. The van der Waals surface area contributed by atoms with Gasteiger partial charge in [-0.25, -0.2) is 4.79 Å². The third kappa shape index (κ3) is 5.39. The van der Waals surface area contributed by atoms with Crippen molar-refractivity contribution in [1.29, 1.82) is 0 Å². The van der Waals surface area contributed by atoms with Crippen molar-refractivity contribution in [3.8, 4) is 0 Å². The SMILES string of the molecule is CCC(C)OP(=O)(O)C(F)(F)c1ccc(CN2CCN(Cc3ccccc3)C2=O)cc1Br. The highest BCUT2D eigenvalue weighted by atomic mass is 79.9. The minimum Gasteiger partial charge on any atom is -0.320 e. The molecular formula is C22H26BrF2N2O4P. The number of urea groups is 1. The number of nitrogens with zero attached hydrogens (tertiary/aromatic N) is 2. The Balaban J connectivity index is 1.70. The number of alkyl halides is 2. The predicted molar refractivity (Wildman–Crippen MR) is 121 cm³/mol. The number of rotatable bonds is 9. The summed E-state index contributed by atoms with van der Waals surface area (Å²) < 4.78 is 46.6. The van der Waals surface area contributed by atoms with E-state index in [2.05, 4.69) is 15.9 Å². The van der Waals surface area contributed by atoms with Gasteiger partial charge in [-0.3, -0.25) is 4.57 Å². The standard InChI is InChI=1S/C22H26BrF2N2O4P/c1-3-16(2)31-32(29,30)22(24,25)19-10-9-18(13-20(19)23)15-27-12-11-26(21(27)28)14-17-7-5-4-6-8-17/h4-10,13,16H,3,11-12,14-15H2,1-2H3,(H,29,30). The Labute approximate surface area is 194 Å². The van der Waals surface area contributed by atoms with Crippen LogP contribution in [0.3, 0.4) is 0 Å². The van der Waals surface area contributed by atoms with E-state index in [1.807, 2.05) is 30.3 Å². The number of amides is 2. The molecule has 0 aliphatic carbocycles. The zero-order chi connectivity index (χ0) is 23.5. The van der Waals surface area contributed by atoms with E-state index < -0.39 is 24.9 Å². The van der Waals surface area contributed by atoms with Crippen molar-refractivity contribution >= 4 is 29.6 Å². The third-order valence-corrected chi connectivity index (χ3v) is 7.63. The molecule has 2 atom stereocenters. The summed E-state index contributed by atoms with van der Waals surface area (Å²) in [5, 5.41) is 0. The van der Waals surface area contributed by atoms with Gasteiger partial charge in [0, 0.05) is 36.2 Å². The van der Waals surface area contributed by atoms with Crippen LogP contribution in [-0.2, 0) is 27.8 Å². The topological polar surface area (TPSA) is 70.1 Å². The van der Waals surface area contributed by atoms with Crippen LogP contribution in [0.25, 0.3) is 0 Å². The van der Waals surface area contributed by atoms with E-state index in [0.29, 0.717) is 31.6 Å². The van der Waals surface area contributed by atoms with Crippen LogP contribution in [0, 0.1) is 0 Å². The van der Waals surface area contributed by atoms with Gasteiger partial charge in [0.2, 0.25) is 0 Å². The van der Waals surface area contributed by atoms with Crippen LogP contribution in [0.4, 0.5) is 13.6 Å². The molecule has 2 aromatic rings. The van der Waals surface area contributed by atoms with Crippen molar-refractivity contribution < 1.29 is 27.6 Å². The molecule has 1 saturated heterocycles. The molecule has 32 heavy (non-hydrogen) atoms. The molecule has 6 nitrogen and oxygen atoms in total. The lowest BCUT2D eigenvalue weighted by Gasteiger charge is -2.26. The monoisotopic (exact) mass is 530 g/mol. The lowest BCUT2D eigenvalue weighted by molar-refractivity contribution is 0.0341. The van der Waals surface area contributed by atoms with Crippen molar-refractivity contribution in [1.82, 2.24) is 9.80 Å². The highest BCUT2D eigenvalue weighted by molar-refractivity contribution is 9.10. The molecule has 2 aromatic carbocycles. The van der Waals surface area contributed by atoms with Gasteiger partial charge in [0.1, 0.15) is 0 Å². The van der Waals surface area contributed by atoms with Crippen molar-refractivity contribution in [2.75, 3.05) is 13.1 Å². The summed E-state index contributed by atoms with van der Waals surface area (Å²) in [6.45, 7) is 4.99. The van der Waals surface area contributed by atoms with Crippen molar-refractivity contribution in [3.63, 3.8) is 0 Å². The molecule has 10 heteroatoms. The normalized spacial score (nSPS) is 17.5. The number of halogens is 3. The molecule has 3 rings (SSSR count). The minimum atomic E-state index is -5.25. The molecule has 1 aliphatic rings. The first-order valence-corrected chi connectivity index (χ1v) is 12.7. The van der Waals surface area contributed by atoms with E-state index in [1.165, 1.54) is 19.1 Å². The van der Waals surface area contributed by atoms with Crippen LogP contribution >= 0.6 is 23.5 Å². The van der Waals surface area contributed by atoms with Gasteiger partial charge < -0.3 is 19.2 Å². The van der Waals surface area contributed by atoms with Gasteiger partial charge in [-0.1, -0.05) is 65.3 Å². The molecule has 0 spiro atoms. The molecule has 2 amide bonds. The Hall–Kier alpha value is -1.80. The molecule has 0 bridgehead atoms. The maximum Gasteiger partial charge on any atom is 0.402 e. The summed E-state index contributed by atoms with van der Waals surface area (Å²) in [6, 6.07) is 13.5. The first kappa shape index (κ1) is 24.8. The number of hydrogen-bond acceptors (Lipinski definition) is 3. The molecule has 0 radical (unpaired) electrons. The Morgan fingerprint density at radius 1 is 1.12 bits per heavy atom. The summed E-state index contributed by atoms with van der Waals surface area (Å²) in [6.07, 6.45) is -0.457. The molecule has 0 aromatic heterocycles. The maximum atomic E-state index is 14.8. The number of benzene rings is 2. The van der Waals surface area contributed by atoms with E-state index in [0.717, 1.165) is 11.6 Å². The first-order chi connectivity index (χ1) is 15.0. The van der Waals surface area contributed by atoms with E-state index in [9.17, 15) is 23.0 Å². The van der Waals surface area contributed by atoms with Crippen molar-refractivity contribution in [2.45, 2.75) is 45.1 Å². The fraction of sp³-hybridized carbons (Fsp3) is 0.409.